The number of anilines is 1. The molecule has 1 unspecified atom stereocenters. The van der Waals surface area contributed by atoms with Crippen molar-refractivity contribution in [2.45, 2.75) is 13.0 Å². The third-order valence-corrected chi connectivity index (χ3v) is 3.74. The van der Waals surface area contributed by atoms with Crippen molar-refractivity contribution in [3.63, 3.8) is 0 Å². The Hall–Kier alpha value is -1.71. The first-order chi connectivity index (χ1) is 10.0. The number of carbonyl (C=O) groups is 1. The van der Waals surface area contributed by atoms with Crippen molar-refractivity contribution in [3.05, 3.63) is 63.6 Å². The third-order valence-electron chi connectivity index (χ3n) is 3.18. The maximum absolute atomic E-state index is 11.7. The highest BCUT2D eigenvalue weighted by Crippen LogP contribution is 2.28. The van der Waals surface area contributed by atoms with Crippen molar-refractivity contribution >= 4 is 34.8 Å². The van der Waals surface area contributed by atoms with E-state index in [1.807, 2.05) is 31.2 Å². The average Bonchev–Trinajstić information content (AvgIpc) is 2.48. The molecular weight excluding hydrogens is 307 g/mol. The van der Waals surface area contributed by atoms with Crippen LogP contribution in [0.3, 0.4) is 0 Å². The van der Waals surface area contributed by atoms with E-state index >= 15 is 0 Å². The first kappa shape index (κ1) is 15.7. The quantitative estimate of drug-likeness (QED) is 0.868. The van der Waals surface area contributed by atoms with E-state index in [2.05, 4.69) is 10.6 Å². The van der Waals surface area contributed by atoms with Crippen LogP contribution in [0.15, 0.2) is 42.5 Å². The van der Waals surface area contributed by atoms with Gasteiger partial charge in [0.15, 0.2) is 0 Å². The molecule has 2 aromatic carbocycles. The molecule has 2 N–H and O–H groups in total. The fourth-order valence-electron chi connectivity index (χ4n) is 2.01. The van der Waals surface area contributed by atoms with Crippen LogP contribution in [0.2, 0.25) is 10.0 Å². The number of halogens is 2. The number of benzene rings is 2. The normalized spacial score (nSPS) is 11.8. The Morgan fingerprint density at radius 2 is 1.90 bits per heavy atom. The molecule has 0 bridgehead atoms. The van der Waals surface area contributed by atoms with Crippen molar-refractivity contribution in [1.82, 2.24) is 5.32 Å². The molecule has 0 fully saturated rings. The van der Waals surface area contributed by atoms with Gasteiger partial charge in [-0.3, -0.25) is 4.79 Å². The summed E-state index contributed by atoms with van der Waals surface area (Å²) in [5, 5.41) is 7.15. The Morgan fingerprint density at radius 1 is 1.14 bits per heavy atom. The number of hydrogen-bond donors (Lipinski definition) is 2. The zero-order valence-electron chi connectivity index (χ0n) is 11.8. The highest BCUT2D eigenvalue weighted by atomic mass is 35.5. The Labute approximate surface area is 134 Å². The van der Waals surface area contributed by atoms with Crippen LogP contribution in [0, 0.1) is 0 Å². The average molecular weight is 323 g/mol. The molecule has 0 aromatic heterocycles. The molecule has 2 rings (SSSR count). The van der Waals surface area contributed by atoms with Gasteiger partial charge in [-0.25, -0.2) is 0 Å². The fraction of sp³-hybridized carbons (Fsp3) is 0.188. The van der Waals surface area contributed by atoms with E-state index in [1.165, 1.54) is 0 Å². The molecule has 2 aromatic rings. The number of hydrogen-bond acceptors (Lipinski definition) is 2. The lowest BCUT2D eigenvalue weighted by molar-refractivity contribution is 0.0963. The van der Waals surface area contributed by atoms with Gasteiger partial charge in [-0.2, -0.15) is 0 Å². The summed E-state index contributed by atoms with van der Waals surface area (Å²) in [4.78, 5) is 11.7. The molecule has 0 saturated heterocycles. The predicted octanol–water partition coefficient (Wildman–Crippen LogP) is 4.53. The fourth-order valence-corrected chi connectivity index (χ4v) is 2.38. The SMILES string of the molecule is CNC(=O)c1ccc(Cl)c(NC(C)c2cccc(Cl)c2)c1. The lowest BCUT2D eigenvalue weighted by Gasteiger charge is -2.17. The summed E-state index contributed by atoms with van der Waals surface area (Å²) in [6.07, 6.45) is 0. The summed E-state index contributed by atoms with van der Waals surface area (Å²) in [6, 6.07) is 12.8. The Bertz CT molecular complexity index is 658. The lowest BCUT2D eigenvalue weighted by atomic mass is 10.1. The highest BCUT2D eigenvalue weighted by Gasteiger charge is 2.11. The molecule has 5 heteroatoms. The van der Waals surface area contributed by atoms with E-state index in [1.54, 1.807) is 25.2 Å². The molecule has 110 valence electrons. The van der Waals surface area contributed by atoms with Gasteiger partial charge in [0.05, 0.1) is 10.7 Å². The minimum atomic E-state index is -0.148. The van der Waals surface area contributed by atoms with Crippen molar-refractivity contribution in [1.29, 1.82) is 0 Å². The molecule has 1 atom stereocenters. The summed E-state index contributed by atoms with van der Waals surface area (Å²) < 4.78 is 0. The predicted molar refractivity (Wildman–Crippen MR) is 88.3 cm³/mol. The van der Waals surface area contributed by atoms with Crippen LogP contribution in [0.5, 0.6) is 0 Å². The Kier molecular flexibility index (Phi) is 5.10. The maximum Gasteiger partial charge on any atom is 0.251 e. The first-order valence-electron chi connectivity index (χ1n) is 6.55. The molecular formula is C16H16Cl2N2O. The molecule has 0 heterocycles. The molecule has 1 amide bonds. The molecule has 0 aliphatic rings. The standard InChI is InChI=1S/C16H16Cl2N2O/c1-10(11-4-3-5-13(17)8-11)20-15-9-12(16(21)19-2)6-7-14(15)18/h3-10,20H,1-2H3,(H,19,21). The molecule has 0 spiro atoms. The van der Waals surface area contributed by atoms with E-state index in [9.17, 15) is 4.79 Å². The van der Waals surface area contributed by atoms with Gasteiger partial charge in [0.1, 0.15) is 0 Å². The minimum Gasteiger partial charge on any atom is -0.377 e. The summed E-state index contributed by atoms with van der Waals surface area (Å²) >= 11 is 12.2. The number of nitrogens with one attached hydrogen (secondary N) is 2. The summed E-state index contributed by atoms with van der Waals surface area (Å²) in [7, 11) is 1.60. The van der Waals surface area contributed by atoms with Crippen LogP contribution in [0.1, 0.15) is 28.9 Å². The first-order valence-corrected chi connectivity index (χ1v) is 7.30. The van der Waals surface area contributed by atoms with Crippen LogP contribution in [-0.4, -0.2) is 13.0 Å². The van der Waals surface area contributed by atoms with Crippen molar-refractivity contribution in [3.8, 4) is 0 Å². The zero-order valence-corrected chi connectivity index (χ0v) is 13.3. The Morgan fingerprint density at radius 3 is 2.57 bits per heavy atom. The van der Waals surface area contributed by atoms with Gasteiger partial charge < -0.3 is 10.6 Å². The van der Waals surface area contributed by atoms with E-state index in [0.717, 1.165) is 5.56 Å². The molecule has 3 nitrogen and oxygen atoms in total. The van der Waals surface area contributed by atoms with Gasteiger partial charge in [0.2, 0.25) is 0 Å². The van der Waals surface area contributed by atoms with Crippen LogP contribution in [-0.2, 0) is 0 Å². The van der Waals surface area contributed by atoms with Gasteiger partial charge in [-0.05, 0) is 42.8 Å². The van der Waals surface area contributed by atoms with E-state index in [4.69, 9.17) is 23.2 Å². The Balaban J connectivity index is 2.24. The van der Waals surface area contributed by atoms with E-state index in [0.29, 0.717) is 21.3 Å². The van der Waals surface area contributed by atoms with Gasteiger partial charge in [-0.1, -0.05) is 35.3 Å². The second kappa shape index (κ2) is 6.83. The molecule has 0 aliphatic carbocycles. The highest BCUT2D eigenvalue weighted by molar-refractivity contribution is 6.33. The van der Waals surface area contributed by atoms with Crippen LogP contribution < -0.4 is 10.6 Å². The topological polar surface area (TPSA) is 41.1 Å². The molecule has 0 radical (unpaired) electrons. The largest absolute Gasteiger partial charge is 0.377 e. The van der Waals surface area contributed by atoms with Crippen molar-refractivity contribution in [2.75, 3.05) is 12.4 Å². The summed E-state index contributed by atoms with van der Waals surface area (Å²) in [5.74, 6) is -0.148. The monoisotopic (exact) mass is 322 g/mol. The zero-order chi connectivity index (χ0) is 15.4. The van der Waals surface area contributed by atoms with Gasteiger partial charge in [-0.15, -0.1) is 0 Å². The third kappa shape index (κ3) is 3.90. The molecule has 0 saturated carbocycles. The molecule has 21 heavy (non-hydrogen) atoms. The smallest absolute Gasteiger partial charge is 0.251 e. The van der Waals surface area contributed by atoms with Crippen molar-refractivity contribution < 1.29 is 4.79 Å². The summed E-state index contributed by atoms with van der Waals surface area (Å²) in [5.41, 5.74) is 2.32. The van der Waals surface area contributed by atoms with Crippen LogP contribution >= 0.6 is 23.2 Å². The number of amides is 1. The second-order valence-corrected chi connectivity index (χ2v) is 5.54. The lowest BCUT2D eigenvalue weighted by Crippen LogP contribution is -2.18. The van der Waals surface area contributed by atoms with E-state index < -0.39 is 0 Å². The van der Waals surface area contributed by atoms with E-state index in [-0.39, 0.29) is 11.9 Å². The second-order valence-electron chi connectivity index (χ2n) is 4.69. The molecule has 0 aliphatic heterocycles. The van der Waals surface area contributed by atoms with Gasteiger partial charge in [0.25, 0.3) is 5.91 Å². The number of carbonyl (C=O) groups excluding carboxylic acids is 1. The summed E-state index contributed by atoms with van der Waals surface area (Å²) in [6.45, 7) is 2.01. The maximum atomic E-state index is 11.7. The van der Waals surface area contributed by atoms with Gasteiger partial charge >= 0.3 is 0 Å². The number of rotatable bonds is 4. The minimum absolute atomic E-state index is 0.0149. The van der Waals surface area contributed by atoms with Crippen LogP contribution in [0.25, 0.3) is 0 Å². The van der Waals surface area contributed by atoms with Gasteiger partial charge in [0, 0.05) is 23.7 Å². The van der Waals surface area contributed by atoms with Crippen LogP contribution in [0.4, 0.5) is 5.69 Å². The van der Waals surface area contributed by atoms with Crippen molar-refractivity contribution in [2.24, 2.45) is 0 Å².